The van der Waals surface area contributed by atoms with Crippen LogP contribution in [-0.2, 0) is 20.8 Å². The summed E-state index contributed by atoms with van der Waals surface area (Å²) in [6.45, 7) is 5.36. The molecule has 0 bridgehead atoms. The average molecular weight is 408 g/mol. The zero-order chi connectivity index (χ0) is 21.3. The molecule has 0 saturated carbocycles. The van der Waals surface area contributed by atoms with E-state index in [-0.39, 0.29) is 5.91 Å². The fourth-order valence-corrected chi connectivity index (χ4v) is 3.58. The smallest absolute Gasteiger partial charge is 0.357 e. The Labute approximate surface area is 177 Å². The first-order chi connectivity index (χ1) is 14.5. The summed E-state index contributed by atoms with van der Waals surface area (Å²) in [6, 6.07) is 16.8. The first kappa shape index (κ1) is 21.6. The molecule has 0 radical (unpaired) electrons. The largest absolute Gasteiger partial charge is 0.372 e. The molecule has 1 heterocycles. The summed E-state index contributed by atoms with van der Waals surface area (Å²) in [5, 5.41) is 6.66. The molecule has 1 fully saturated rings. The van der Waals surface area contributed by atoms with Crippen LogP contribution in [0, 0.1) is 0 Å². The lowest BCUT2D eigenvalue weighted by atomic mass is 10.1. The van der Waals surface area contributed by atoms with E-state index in [0.717, 1.165) is 24.2 Å². The van der Waals surface area contributed by atoms with Gasteiger partial charge in [-0.15, -0.1) is 0 Å². The monoisotopic (exact) mass is 407 g/mol. The van der Waals surface area contributed by atoms with Crippen LogP contribution < -0.4 is 10.2 Å². The van der Waals surface area contributed by atoms with Crippen LogP contribution in [0.4, 0.5) is 5.69 Å². The van der Waals surface area contributed by atoms with E-state index in [1.807, 2.05) is 42.5 Å². The molecular weight excluding hydrogens is 378 g/mol. The molecule has 1 aliphatic heterocycles. The van der Waals surface area contributed by atoms with E-state index in [2.05, 4.69) is 27.5 Å². The highest BCUT2D eigenvalue weighted by atomic mass is 16.7. The standard InChI is InChI=1S/C24H29N3O3/c1-18(21-11-13-22(14-12-21)27-15-7-4-8-16-27)26-30-24(29)23(25-19(2)28)17-20-9-5-3-6-10-20/h3,5-6,9-14,23H,4,7-8,15-17H2,1-2H3,(H,25,28)/b26-18+/t23-/m0/s1. The van der Waals surface area contributed by atoms with Crippen LogP contribution in [0.3, 0.4) is 0 Å². The van der Waals surface area contributed by atoms with Crippen molar-refractivity contribution in [1.82, 2.24) is 5.32 Å². The molecule has 1 saturated heterocycles. The maximum Gasteiger partial charge on any atom is 0.357 e. The molecule has 3 rings (SSSR count). The van der Waals surface area contributed by atoms with Gasteiger partial charge in [-0.3, -0.25) is 4.79 Å². The van der Waals surface area contributed by atoms with E-state index in [9.17, 15) is 9.59 Å². The van der Waals surface area contributed by atoms with Crippen molar-refractivity contribution < 1.29 is 14.4 Å². The Balaban J connectivity index is 1.63. The Hall–Kier alpha value is -3.15. The Morgan fingerprint density at radius 1 is 1.00 bits per heavy atom. The number of carbonyl (C=O) groups excluding carboxylic acids is 2. The molecule has 0 aliphatic carbocycles. The molecule has 2 aromatic carbocycles. The van der Waals surface area contributed by atoms with Gasteiger partial charge in [0.05, 0.1) is 5.71 Å². The molecule has 2 aromatic rings. The van der Waals surface area contributed by atoms with Gasteiger partial charge in [-0.05, 0) is 49.4 Å². The minimum atomic E-state index is -0.789. The van der Waals surface area contributed by atoms with Gasteiger partial charge in [0, 0.05) is 32.1 Å². The van der Waals surface area contributed by atoms with E-state index < -0.39 is 12.0 Å². The summed E-state index contributed by atoms with van der Waals surface area (Å²) < 4.78 is 0. The van der Waals surface area contributed by atoms with Gasteiger partial charge in [-0.1, -0.05) is 47.6 Å². The summed E-state index contributed by atoms with van der Waals surface area (Å²) in [4.78, 5) is 31.6. The van der Waals surface area contributed by atoms with Crippen molar-refractivity contribution in [3.63, 3.8) is 0 Å². The molecular formula is C24H29N3O3. The normalized spacial score (nSPS) is 15.4. The van der Waals surface area contributed by atoms with Crippen LogP contribution in [0.2, 0.25) is 0 Å². The number of amides is 1. The van der Waals surface area contributed by atoms with Gasteiger partial charge < -0.3 is 15.1 Å². The van der Waals surface area contributed by atoms with E-state index >= 15 is 0 Å². The molecule has 0 spiro atoms. The number of oxime groups is 1. The molecule has 6 nitrogen and oxygen atoms in total. The summed E-state index contributed by atoms with van der Waals surface area (Å²) in [5.41, 5.74) is 3.64. The lowest BCUT2D eigenvalue weighted by molar-refractivity contribution is -0.147. The first-order valence-corrected chi connectivity index (χ1v) is 10.4. The SMILES string of the molecule is CC(=O)N[C@@H](Cc1ccccc1)C(=O)O/N=C(\C)c1ccc(N2CCCCC2)cc1. The van der Waals surface area contributed by atoms with Gasteiger partial charge in [0.1, 0.15) is 6.04 Å². The number of rotatable bonds is 7. The lowest BCUT2D eigenvalue weighted by Crippen LogP contribution is -2.41. The quantitative estimate of drug-likeness (QED) is 0.432. The number of nitrogens with one attached hydrogen (secondary N) is 1. The molecule has 0 unspecified atom stereocenters. The van der Waals surface area contributed by atoms with Crippen LogP contribution in [-0.4, -0.2) is 36.7 Å². The maximum atomic E-state index is 12.5. The van der Waals surface area contributed by atoms with Gasteiger partial charge in [0.15, 0.2) is 0 Å². The van der Waals surface area contributed by atoms with Crippen molar-refractivity contribution in [2.24, 2.45) is 5.16 Å². The van der Waals surface area contributed by atoms with Crippen LogP contribution in [0.15, 0.2) is 59.8 Å². The van der Waals surface area contributed by atoms with Crippen molar-refractivity contribution >= 4 is 23.3 Å². The Morgan fingerprint density at radius 2 is 1.67 bits per heavy atom. The van der Waals surface area contributed by atoms with E-state index in [1.54, 1.807) is 6.92 Å². The van der Waals surface area contributed by atoms with E-state index in [4.69, 9.17) is 4.84 Å². The van der Waals surface area contributed by atoms with Gasteiger partial charge in [0.25, 0.3) is 0 Å². The third kappa shape index (κ3) is 6.17. The van der Waals surface area contributed by atoms with Crippen LogP contribution in [0.25, 0.3) is 0 Å². The molecule has 1 atom stereocenters. The fourth-order valence-electron chi connectivity index (χ4n) is 3.58. The predicted octanol–water partition coefficient (Wildman–Crippen LogP) is 3.69. The zero-order valence-electron chi connectivity index (χ0n) is 17.6. The highest BCUT2D eigenvalue weighted by molar-refractivity contribution is 5.99. The molecule has 6 heteroatoms. The maximum absolute atomic E-state index is 12.5. The van der Waals surface area contributed by atoms with Gasteiger partial charge >= 0.3 is 5.97 Å². The topological polar surface area (TPSA) is 71.0 Å². The highest BCUT2D eigenvalue weighted by Gasteiger charge is 2.22. The second-order valence-electron chi connectivity index (χ2n) is 7.62. The molecule has 1 aliphatic rings. The van der Waals surface area contributed by atoms with Crippen molar-refractivity contribution in [1.29, 1.82) is 0 Å². The van der Waals surface area contributed by atoms with Crippen LogP contribution in [0.1, 0.15) is 44.2 Å². The Kier molecular flexibility index (Phi) is 7.60. The summed E-state index contributed by atoms with van der Waals surface area (Å²) in [6.07, 6.45) is 4.11. The molecule has 30 heavy (non-hydrogen) atoms. The summed E-state index contributed by atoms with van der Waals surface area (Å²) in [7, 11) is 0. The molecule has 158 valence electrons. The second kappa shape index (κ2) is 10.6. The van der Waals surface area contributed by atoms with E-state index in [1.165, 1.54) is 31.9 Å². The van der Waals surface area contributed by atoms with Gasteiger partial charge in [-0.25, -0.2) is 4.79 Å². The first-order valence-electron chi connectivity index (χ1n) is 10.4. The summed E-state index contributed by atoms with van der Waals surface area (Å²) in [5.74, 6) is -0.875. The Bertz CT molecular complexity index is 872. The van der Waals surface area contributed by atoms with Crippen LogP contribution >= 0.6 is 0 Å². The number of carbonyl (C=O) groups is 2. The third-order valence-corrected chi connectivity index (χ3v) is 5.22. The van der Waals surface area contributed by atoms with Crippen molar-refractivity contribution in [3.8, 4) is 0 Å². The molecule has 1 N–H and O–H groups in total. The highest BCUT2D eigenvalue weighted by Crippen LogP contribution is 2.20. The van der Waals surface area contributed by atoms with Crippen LogP contribution in [0.5, 0.6) is 0 Å². The van der Waals surface area contributed by atoms with E-state index in [0.29, 0.717) is 12.1 Å². The minimum Gasteiger partial charge on any atom is -0.372 e. The number of anilines is 1. The molecule has 1 amide bonds. The second-order valence-corrected chi connectivity index (χ2v) is 7.62. The zero-order valence-corrected chi connectivity index (χ0v) is 17.6. The minimum absolute atomic E-state index is 0.290. The van der Waals surface area contributed by atoms with Gasteiger partial charge in [0.2, 0.25) is 5.91 Å². The number of nitrogens with zero attached hydrogens (tertiary/aromatic N) is 2. The number of hydrogen-bond donors (Lipinski definition) is 1. The van der Waals surface area contributed by atoms with Crippen molar-refractivity contribution in [3.05, 3.63) is 65.7 Å². The fraction of sp³-hybridized carbons (Fsp3) is 0.375. The number of benzene rings is 2. The van der Waals surface area contributed by atoms with Crippen molar-refractivity contribution in [2.75, 3.05) is 18.0 Å². The number of piperidine rings is 1. The van der Waals surface area contributed by atoms with Gasteiger partial charge in [-0.2, -0.15) is 0 Å². The molecule has 0 aromatic heterocycles. The predicted molar refractivity (Wildman–Crippen MR) is 119 cm³/mol. The third-order valence-electron chi connectivity index (χ3n) is 5.22. The number of hydrogen-bond acceptors (Lipinski definition) is 5. The van der Waals surface area contributed by atoms with Crippen molar-refractivity contribution in [2.45, 2.75) is 45.6 Å². The average Bonchev–Trinajstić information content (AvgIpc) is 2.78. The summed E-state index contributed by atoms with van der Waals surface area (Å²) >= 11 is 0. The Morgan fingerprint density at radius 3 is 2.30 bits per heavy atom. The lowest BCUT2D eigenvalue weighted by Gasteiger charge is -2.28.